The zero-order valence-electron chi connectivity index (χ0n) is 20.3. The standard InChI is InChI=1S/C27H16F6N2O4S2/c28-26(29,30)25(27(31,32)33,17-1-9-21(10-2-17)40-23-13-5-19(6-14-23)34(36)37)18-3-11-22(12-4-18)41-24-15-7-20(8-16-24)35(38)39/h1-16H. The van der Waals surface area contributed by atoms with E-state index in [4.69, 9.17) is 0 Å². The Hall–Kier alpha value is -4.04. The molecule has 0 atom stereocenters. The van der Waals surface area contributed by atoms with Gasteiger partial charge in [-0.1, -0.05) is 47.8 Å². The topological polar surface area (TPSA) is 86.3 Å². The molecule has 4 aromatic carbocycles. The number of rotatable bonds is 8. The van der Waals surface area contributed by atoms with Crippen LogP contribution < -0.4 is 0 Å². The van der Waals surface area contributed by atoms with E-state index >= 15 is 0 Å². The number of non-ortho nitro benzene ring substituents is 2. The first-order valence-corrected chi connectivity index (χ1v) is 13.0. The minimum atomic E-state index is -5.76. The van der Waals surface area contributed by atoms with Gasteiger partial charge < -0.3 is 0 Å². The molecule has 0 aliphatic rings. The number of hydrogen-bond donors (Lipinski definition) is 0. The molecule has 0 aliphatic carbocycles. The van der Waals surface area contributed by atoms with Gasteiger partial charge in [0.05, 0.1) is 9.85 Å². The van der Waals surface area contributed by atoms with Gasteiger partial charge in [0.2, 0.25) is 5.41 Å². The van der Waals surface area contributed by atoms with Crippen LogP contribution in [0.2, 0.25) is 0 Å². The predicted molar refractivity (Wildman–Crippen MR) is 140 cm³/mol. The summed E-state index contributed by atoms with van der Waals surface area (Å²) in [7, 11) is 0. The second kappa shape index (κ2) is 11.4. The summed E-state index contributed by atoms with van der Waals surface area (Å²) in [6, 6.07) is 18.2. The number of halogens is 6. The van der Waals surface area contributed by atoms with E-state index in [1.54, 1.807) is 0 Å². The SMILES string of the molecule is O=[N+]([O-])c1ccc(Sc2ccc(C(c3ccc(Sc4ccc([N+](=O)[O-])cc4)cc3)(C(F)(F)F)C(F)(F)F)cc2)cc1. The van der Waals surface area contributed by atoms with Gasteiger partial charge in [-0.2, -0.15) is 26.3 Å². The van der Waals surface area contributed by atoms with Gasteiger partial charge in [-0.25, -0.2) is 0 Å². The zero-order chi connectivity index (χ0) is 30.0. The van der Waals surface area contributed by atoms with Crippen molar-refractivity contribution in [3.05, 3.63) is 128 Å². The Morgan fingerprint density at radius 1 is 0.463 bits per heavy atom. The van der Waals surface area contributed by atoms with Crippen molar-refractivity contribution < 1.29 is 36.2 Å². The quantitative estimate of drug-likeness (QED) is 0.112. The fraction of sp³-hybridized carbons (Fsp3) is 0.111. The number of nitrogens with zero attached hydrogens (tertiary/aromatic N) is 2. The molecule has 6 nitrogen and oxygen atoms in total. The first-order valence-electron chi connectivity index (χ1n) is 11.4. The second-order valence-corrected chi connectivity index (χ2v) is 10.8. The highest BCUT2D eigenvalue weighted by atomic mass is 32.2. The highest BCUT2D eigenvalue weighted by molar-refractivity contribution is 7.99. The second-order valence-electron chi connectivity index (χ2n) is 8.50. The van der Waals surface area contributed by atoms with Crippen molar-refractivity contribution in [3.8, 4) is 0 Å². The fourth-order valence-corrected chi connectivity index (χ4v) is 5.70. The van der Waals surface area contributed by atoms with E-state index < -0.39 is 38.7 Å². The molecule has 0 radical (unpaired) electrons. The lowest BCUT2D eigenvalue weighted by Crippen LogP contribution is -2.54. The molecule has 0 amide bonds. The van der Waals surface area contributed by atoms with Crippen LogP contribution in [-0.2, 0) is 5.41 Å². The van der Waals surface area contributed by atoms with E-state index in [0.717, 1.165) is 72.1 Å². The van der Waals surface area contributed by atoms with E-state index in [1.165, 1.54) is 48.5 Å². The number of nitro groups is 2. The maximum atomic E-state index is 14.5. The molecule has 4 rings (SSSR count). The number of nitro benzene ring substituents is 2. The Bertz CT molecular complexity index is 1420. The average Bonchev–Trinajstić information content (AvgIpc) is 2.90. The molecule has 14 heteroatoms. The van der Waals surface area contributed by atoms with E-state index in [9.17, 15) is 46.6 Å². The van der Waals surface area contributed by atoms with Gasteiger partial charge in [-0.15, -0.1) is 0 Å². The molecule has 0 aliphatic heterocycles. The molecule has 4 aromatic rings. The van der Waals surface area contributed by atoms with Crippen molar-refractivity contribution in [1.29, 1.82) is 0 Å². The smallest absolute Gasteiger partial charge is 0.258 e. The molecule has 0 bridgehead atoms. The third-order valence-electron chi connectivity index (χ3n) is 5.99. The van der Waals surface area contributed by atoms with Gasteiger partial charge in [0, 0.05) is 43.8 Å². The van der Waals surface area contributed by atoms with Gasteiger partial charge >= 0.3 is 12.4 Å². The van der Waals surface area contributed by atoms with Gasteiger partial charge in [0.15, 0.2) is 0 Å². The molecule has 0 saturated heterocycles. The third-order valence-corrected chi connectivity index (χ3v) is 8.02. The molecule has 0 heterocycles. The largest absolute Gasteiger partial charge is 0.411 e. The van der Waals surface area contributed by atoms with Crippen molar-refractivity contribution in [1.82, 2.24) is 0 Å². The van der Waals surface area contributed by atoms with Crippen LogP contribution in [-0.4, -0.2) is 22.2 Å². The number of alkyl halides is 6. The minimum Gasteiger partial charge on any atom is -0.258 e. The van der Waals surface area contributed by atoms with Crippen molar-refractivity contribution >= 4 is 34.9 Å². The lowest BCUT2D eigenvalue weighted by molar-refractivity contribution is -0.385. The maximum Gasteiger partial charge on any atom is 0.411 e. The molecule has 0 saturated carbocycles. The molecular formula is C27H16F6N2O4S2. The molecule has 0 unspecified atom stereocenters. The summed E-state index contributed by atoms with van der Waals surface area (Å²) >= 11 is 2.04. The van der Waals surface area contributed by atoms with Crippen LogP contribution in [0.25, 0.3) is 0 Å². The summed E-state index contributed by atoms with van der Waals surface area (Å²) in [6.45, 7) is 0. The summed E-state index contributed by atoms with van der Waals surface area (Å²) in [5.41, 5.74) is -6.71. The van der Waals surface area contributed by atoms with Crippen molar-refractivity contribution in [2.75, 3.05) is 0 Å². The molecule has 0 spiro atoms. The van der Waals surface area contributed by atoms with Crippen LogP contribution in [0.5, 0.6) is 0 Å². The monoisotopic (exact) mass is 610 g/mol. The Morgan fingerprint density at radius 2 is 0.707 bits per heavy atom. The van der Waals surface area contributed by atoms with Crippen LogP contribution in [0.4, 0.5) is 37.7 Å². The summed E-state index contributed by atoms with van der Waals surface area (Å²) in [5.74, 6) is 0. The van der Waals surface area contributed by atoms with E-state index in [2.05, 4.69) is 0 Å². The van der Waals surface area contributed by atoms with Gasteiger partial charge in [-0.3, -0.25) is 20.2 Å². The van der Waals surface area contributed by atoms with Crippen LogP contribution >= 0.6 is 23.5 Å². The minimum absolute atomic E-state index is 0.165. The summed E-state index contributed by atoms with van der Waals surface area (Å²) < 4.78 is 87.0. The van der Waals surface area contributed by atoms with Gasteiger partial charge in [0.25, 0.3) is 11.4 Å². The first kappa shape index (κ1) is 29.9. The Labute approximate surface area is 236 Å². The van der Waals surface area contributed by atoms with E-state index in [0.29, 0.717) is 19.6 Å². The molecule has 0 N–H and O–H groups in total. The summed E-state index contributed by atoms with van der Waals surface area (Å²) in [4.78, 5) is 22.1. The lowest BCUT2D eigenvalue weighted by atomic mass is 9.73. The average molecular weight is 611 g/mol. The maximum absolute atomic E-state index is 14.5. The summed E-state index contributed by atoms with van der Waals surface area (Å²) in [5, 5.41) is 21.6. The molecule has 212 valence electrons. The van der Waals surface area contributed by atoms with E-state index in [-0.39, 0.29) is 11.4 Å². The van der Waals surface area contributed by atoms with Crippen LogP contribution in [0.1, 0.15) is 11.1 Å². The van der Waals surface area contributed by atoms with Gasteiger partial charge in [0.1, 0.15) is 0 Å². The lowest BCUT2D eigenvalue weighted by Gasteiger charge is -2.38. The van der Waals surface area contributed by atoms with Crippen molar-refractivity contribution in [2.24, 2.45) is 0 Å². The van der Waals surface area contributed by atoms with Crippen LogP contribution in [0, 0.1) is 20.2 Å². The van der Waals surface area contributed by atoms with Crippen LogP contribution in [0.15, 0.2) is 117 Å². The van der Waals surface area contributed by atoms with Crippen molar-refractivity contribution in [3.63, 3.8) is 0 Å². The Kier molecular flexibility index (Phi) is 8.36. The molecular weight excluding hydrogens is 594 g/mol. The molecule has 0 fully saturated rings. The van der Waals surface area contributed by atoms with Crippen molar-refractivity contribution in [2.45, 2.75) is 37.3 Å². The molecule has 41 heavy (non-hydrogen) atoms. The van der Waals surface area contributed by atoms with E-state index in [1.807, 2.05) is 0 Å². The fourth-order valence-electron chi connectivity index (χ4n) is 4.07. The molecule has 0 aromatic heterocycles. The normalized spacial score (nSPS) is 12.2. The van der Waals surface area contributed by atoms with Crippen LogP contribution in [0.3, 0.4) is 0 Å². The predicted octanol–water partition coefficient (Wildman–Crippen LogP) is 9.22. The number of benzene rings is 4. The third kappa shape index (κ3) is 6.17. The van der Waals surface area contributed by atoms with Gasteiger partial charge in [-0.05, 0) is 59.7 Å². The zero-order valence-corrected chi connectivity index (χ0v) is 22.0. The Balaban J connectivity index is 1.67. The highest BCUT2D eigenvalue weighted by Gasteiger charge is 2.72. The highest BCUT2D eigenvalue weighted by Crippen LogP contribution is 2.56. The summed E-state index contributed by atoms with van der Waals surface area (Å²) in [6.07, 6.45) is -11.5. The Morgan fingerprint density at radius 3 is 0.927 bits per heavy atom. The number of hydrogen-bond acceptors (Lipinski definition) is 6. The first-order chi connectivity index (χ1) is 19.2.